The van der Waals surface area contributed by atoms with Crippen molar-refractivity contribution < 1.29 is 14.7 Å². The molecule has 1 aromatic rings. The number of aliphatic carboxylic acids is 1. The predicted molar refractivity (Wildman–Crippen MR) is 74.8 cm³/mol. The number of carboxylic acids is 1. The van der Waals surface area contributed by atoms with Crippen LogP contribution in [0.3, 0.4) is 0 Å². The third-order valence-electron chi connectivity index (χ3n) is 2.89. The molecule has 0 atom stereocenters. The van der Waals surface area contributed by atoms with Crippen LogP contribution in [-0.2, 0) is 4.79 Å². The summed E-state index contributed by atoms with van der Waals surface area (Å²) in [6.45, 7) is 7.19. The molecule has 0 aliphatic rings. The molecular weight excluding hydrogens is 260 g/mol. The average Bonchev–Trinajstić information content (AvgIpc) is 2.26. The maximum atomic E-state index is 12.4. The fourth-order valence-corrected chi connectivity index (χ4v) is 1.83. The number of rotatable bonds is 4. The van der Waals surface area contributed by atoms with Crippen LogP contribution in [0.1, 0.15) is 43.2 Å². The molecule has 0 bridgehead atoms. The molecule has 110 valence electrons. The zero-order chi connectivity index (χ0) is 15.5. The van der Waals surface area contributed by atoms with Crippen molar-refractivity contribution in [1.82, 2.24) is 9.88 Å². The first kappa shape index (κ1) is 15.9. The van der Waals surface area contributed by atoms with E-state index < -0.39 is 17.4 Å². The number of carbonyl (C=O) groups is 2. The van der Waals surface area contributed by atoms with Crippen molar-refractivity contribution >= 4 is 11.9 Å². The smallest absolute Gasteiger partial charge is 0.305 e. The molecule has 20 heavy (non-hydrogen) atoms. The van der Waals surface area contributed by atoms with E-state index in [0.717, 1.165) is 0 Å². The van der Waals surface area contributed by atoms with Gasteiger partial charge in [-0.25, -0.2) is 0 Å². The van der Waals surface area contributed by atoms with E-state index in [-0.39, 0.29) is 24.0 Å². The van der Waals surface area contributed by atoms with Crippen LogP contribution in [0, 0.1) is 6.92 Å². The highest BCUT2D eigenvalue weighted by Crippen LogP contribution is 2.16. The molecule has 0 aromatic carbocycles. The molecule has 0 aliphatic heterocycles. The van der Waals surface area contributed by atoms with E-state index in [9.17, 15) is 14.4 Å². The van der Waals surface area contributed by atoms with Gasteiger partial charge in [0.05, 0.1) is 6.42 Å². The predicted octanol–water partition coefficient (Wildman–Crippen LogP) is 1.40. The number of aryl methyl sites for hydroxylation is 1. The fraction of sp³-hybridized carbons (Fsp3) is 0.500. The molecule has 1 amide bonds. The maximum Gasteiger partial charge on any atom is 0.305 e. The first-order valence-corrected chi connectivity index (χ1v) is 6.36. The highest BCUT2D eigenvalue weighted by atomic mass is 16.4. The molecule has 0 spiro atoms. The molecule has 0 saturated carbocycles. The second kappa shape index (κ2) is 5.90. The molecule has 1 rings (SSSR count). The number of H-pyrrole nitrogens is 1. The number of nitrogens with zero attached hydrogens (tertiary/aromatic N) is 1. The van der Waals surface area contributed by atoms with Crippen LogP contribution in [0.4, 0.5) is 0 Å². The quantitative estimate of drug-likeness (QED) is 0.872. The second-order valence-corrected chi connectivity index (χ2v) is 5.67. The van der Waals surface area contributed by atoms with E-state index in [1.54, 1.807) is 27.7 Å². The summed E-state index contributed by atoms with van der Waals surface area (Å²) in [5, 5.41) is 8.77. The Morgan fingerprint density at radius 2 is 1.95 bits per heavy atom. The Kier molecular flexibility index (Phi) is 4.70. The molecule has 0 unspecified atom stereocenters. The lowest BCUT2D eigenvalue weighted by Crippen LogP contribution is -2.47. The van der Waals surface area contributed by atoms with E-state index in [1.807, 2.05) is 0 Å². The van der Waals surface area contributed by atoms with Crippen LogP contribution < -0.4 is 5.43 Å². The van der Waals surface area contributed by atoms with Gasteiger partial charge in [0.2, 0.25) is 0 Å². The Hall–Kier alpha value is -2.11. The number of aromatic amines is 1. The number of carbonyl (C=O) groups excluding carboxylic acids is 1. The first-order valence-electron chi connectivity index (χ1n) is 6.36. The van der Waals surface area contributed by atoms with Crippen molar-refractivity contribution in [3.8, 4) is 0 Å². The second-order valence-electron chi connectivity index (χ2n) is 5.67. The SMILES string of the molecule is Cc1cc(=O)c(C(=O)N(CCC(=O)O)C(C)(C)C)c[nH]1. The molecule has 0 fully saturated rings. The number of pyridine rings is 1. The Morgan fingerprint density at radius 3 is 2.40 bits per heavy atom. The number of hydrogen-bond donors (Lipinski definition) is 2. The topological polar surface area (TPSA) is 90.5 Å². The molecule has 2 N–H and O–H groups in total. The van der Waals surface area contributed by atoms with Crippen molar-refractivity contribution in [2.24, 2.45) is 0 Å². The largest absolute Gasteiger partial charge is 0.481 e. The van der Waals surface area contributed by atoms with Crippen LogP contribution in [0.25, 0.3) is 0 Å². The molecular formula is C14H20N2O4. The Bertz CT molecular complexity index is 569. The van der Waals surface area contributed by atoms with E-state index in [1.165, 1.54) is 17.2 Å². The molecule has 1 aromatic heterocycles. The summed E-state index contributed by atoms with van der Waals surface area (Å²) in [5.41, 5.74) is -0.240. The molecule has 6 heteroatoms. The maximum absolute atomic E-state index is 12.4. The molecule has 1 heterocycles. The Labute approximate surface area is 117 Å². The molecule has 6 nitrogen and oxygen atoms in total. The molecule has 0 radical (unpaired) electrons. The summed E-state index contributed by atoms with van der Waals surface area (Å²) >= 11 is 0. The van der Waals surface area contributed by atoms with Gasteiger partial charge in [0, 0.05) is 30.0 Å². The highest BCUT2D eigenvalue weighted by molar-refractivity contribution is 5.94. The van der Waals surface area contributed by atoms with Crippen LogP contribution >= 0.6 is 0 Å². The standard InChI is InChI=1S/C14H20N2O4/c1-9-7-11(17)10(8-15-9)13(20)16(14(2,3)4)6-5-12(18)19/h7-8H,5-6H2,1-4H3,(H,15,17)(H,18,19). The van der Waals surface area contributed by atoms with E-state index in [0.29, 0.717) is 5.69 Å². The number of hydrogen-bond acceptors (Lipinski definition) is 3. The van der Waals surface area contributed by atoms with Crippen molar-refractivity contribution in [3.05, 3.63) is 33.7 Å². The first-order chi connectivity index (χ1) is 9.12. The number of aromatic nitrogens is 1. The van der Waals surface area contributed by atoms with Gasteiger partial charge in [0.15, 0.2) is 5.43 Å². The minimum atomic E-state index is -0.982. The molecule has 0 aliphatic carbocycles. The zero-order valence-corrected chi connectivity index (χ0v) is 12.2. The zero-order valence-electron chi connectivity index (χ0n) is 12.2. The fourth-order valence-electron chi connectivity index (χ4n) is 1.83. The van der Waals surface area contributed by atoms with Crippen molar-refractivity contribution in [3.63, 3.8) is 0 Å². The van der Waals surface area contributed by atoms with Crippen molar-refractivity contribution in [1.29, 1.82) is 0 Å². The monoisotopic (exact) mass is 280 g/mol. The van der Waals surface area contributed by atoms with Gasteiger partial charge in [0.25, 0.3) is 5.91 Å². The normalized spacial score (nSPS) is 11.2. The van der Waals surface area contributed by atoms with Gasteiger partial charge in [-0.1, -0.05) is 0 Å². The Balaban J connectivity index is 3.10. The summed E-state index contributed by atoms with van der Waals surface area (Å²) in [7, 11) is 0. The van der Waals surface area contributed by atoms with Crippen molar-refractivity contribution in [2.45, 2.75) is 39.7 Å². The van der Waals surface area contributed by atoms with Gasteiger partial charge in [-0.3, -0.25) is 14.4 Å². The van der Waals surface area contributed by atoms with Crippen LogP contribution in [-0.4, -0.2) is 39.0 Å². The minimum Gasteiger partial charge on any atom is -0.481 e. The number of amides is 1. The highest BCUT2D eigenvalue weighted by Gasteiger charge is 2.29. The van der Waals surface area contributed by atoms with Gasteiger partial charge < -0.3 is 15.0 Å². The van der Waals surface area contributed by atoms with Gasteiger partial charge in [-0.15, -0.1) is 0 Å². The third kappa shape index (κ3) is 3.94. The number of carboxylic acid groups (broad SMARTS) is 1. The third-order valence-corrected chi connectivity index (χ3v) is 2.89. The average molecular weight is 280 g/mol. The van der Waals surface area contributed by atoms with Crippen molar-refractivity contribution in [2.75, 3.05) is 6.54 Å². The van der Waals surface area contributed by atoms with Crippen LogP contribution in [0.5, 0.6) is 0 Å². The summed E-state index contributed by atoms with van der Waals surface area (Å²) in [5.74, 6) is -1.44. The van der Waals surface area contributed by atoms with E-state index >= 15 is 0 Å². The van der Waals surface area contributed by atoms with Crippen LogP contribution in [0.15, 0.2) is 17.1 Å². The van der Waals surface area contributed by atoms with Crippen LogP contribution in [0.2, 0.25) is 0 Å². The Morgan fingerprint density at radius 1 is 1.35 bits per heavy atom. The lowest BCUT2D eigenvalue weighted by molar-refractivity contribution is -0.137. The van der Waals surface area contributed by atoms with Gasteiger partial charge in [-0.05, 0) is 27.7 Å². The van der Waals surface area contributed by atoms with Gasteiger partial charge in [-0.2, -0.15) is 0 Å². The molecule has 0 saturated heterocycles. The summed E-state index contributed by atoms with van der Waals surface area (Å²) < 4.78 is 0. The lowest BCUT2D eigenvalue weighted by Gasteiger charge is -2.35. The summed E-state index contributed by atoms with van der Waals surface area (Å²) in [6.07, 6.45) is 1.21. The van der Waals surface area contributed by atoms with Gasteiger partial charge >= 0.3 is 5.97 Å². The van der Waals surface area contributed by atoms with Gasteiger partial charge in [0.1, 0.15) is 5.56 Å². The van der Waals surface area contributed by atoms with E-state index in [4.69, 9.17) is 5.11 Å². The summed E-state index contributed by atoms with van der Waals surface area (Å²) in [4.78, 5) is 39.2. The minimum absolute atomic E-state index is 0.0240. The summed E-state index contributed by atoms with van der Waals surface area (Å²) in [6, 6.07) is 1.35. The number of nitrogens with one attached hydrogen (secondary N) is 1. The van der Waals surface area contributed by atoms with E-state index in [2.05, 4.69) is 4.98 Å². The lowest BCUT2D eigenvalue weighted by atomic mass is 10.0.